The van der Waals surface area contributed by atoms with E-state index in [1.54, 1.807) is 0 Å². The number of aliphatic hydroxyl groups excluding tert-OH is 3. The Kier molecular flexibility index (Phi) is 60.4. The maximum atomic E-state index is 11.5. The third-order valence-electron chi connectivity index (χ3n) is 3.85. The second-order valence-corrected chi connectivity index (χ2v) is 7.96. The number of nitrogens with zero attached hydrogens (tertiary/aromatic N) is 5. The van der Waals surface area contributed by atoms with Crippen LogP contribution in [-0.2, 0) is 53.3 Å². The van der Waals surface area contributed by atoms with Crippen molar-refractivity contribution in [2.24, 2.45) is 0 Å². The molecule has 0 atom stereocenters. The largest absolute Gasteiger partial charge is 3.00 e. The Balaban J connectivity index is -0.0000000787. The molecule has 0 saturated heterocycles. The van der Waals surface area contributed by atoms with Gasteiger partial charge in [-0.3, -0.25) is 29.1 Å². The molecule has 25 nitrogen and oxygen atoms in total. The Labute approximate surface area is 375 Å². The fraction of sp³-hybridized carbons (Fsp3) is 0.241. The van der Waals surface area contributed by atoms with Gasteiger partial charge in [-0.1, -0.05) is 35.2 Å². The maximum Gasteiger partial charge on any atom is 3.00 e. The van der Waals surface area contributed by atoms with E-state index >= 15 is 0 Å². The molecule has 0 unspecified atom stereocenters. The van der Waals surface area contributed by atoms with E-state index in [9.17, 15) is 39.6 Å². The number of hydrogen-bond acceptors (Lipinski definition) is 22. The average Bonchev–Trinajstić information content (AvgIpc) is 3.06. The van der Waals surface area contributed by atoms with Crippen LogP contribution in [-0.4, -0.2) is 85.0 Å². The van der Waals surface area contributed by atoms with Gasteiger partial charge in [-0.25, -0.2) is 0 Å². The quantitative estimate of drug-likeness (QED) is 0.0804. The molecule has 326 valence electrons. The third-order valence-corrected chi connectivity index (χ3v) is 3.85. The van der Waals surface area contributed by atoms with E-state index < -0.39 is 61.4 Å². The van der Waals surface area contributed by atoms with Gasteiger partial charge >= 0.3 is 72.7 Å². The summed E-state index contributed by atoms with van der Waals surface area (Å²) in [7, 11) is 3.00. The van der Waals surface area contributed by atoms with Gasteiger partial charge in [0.15, 0.2) is 23.1 Å². The van der Waals surface area contributed by atoms with Crippen molar-refractivity contribution < 1.29 is 143 Å². The third kappa shape index (κ3) is 55.4. The van der Waals surface area contributed by atoms with E-state index in [0.29, 0.717) is 0 Å². The number of ketones is 4. The number of aliphatic hydroxyl groups is 3. The zero-order chi connectivity index (χ0) is 44.1. The van der Waals surface area contributed by atoms with Crippen molar-refractivity contribution in [3.8, 4) is 0 Å². The molecule has 57 heavy (non-hydrogen) atoms. The van der Waals surface area contributed by atoms with Crippen molar-refractivity contribution in [2.45, 2.75) is 27.7 Å². The zero-order valence-electron chi connectivity index (χ0n) is 30.2. The first-order valence-corrected chi connectivity index (χ1v) is 13.3. The number of aromatic nitrogens is 2. The van der Waals surface area contributed by atoms with Crippen LogP contribution in [0.1, 0.15) is 50.5 Å². The molecule has 28 heteroatoms. The zero-order valence-corrected chi connectivity index (χ0v) is 34.2. The summed E-state index contributed by atoms with van der Waals surface area (Å²) in [6.45, 7) is 4.99. The van der Waals surface area contributed by atoms with Gasteiger partial charge in [0.25, 0.3) is 0 Å². The molecule has 0 aromatic carbocycles. The average molecular weight is 1060 g/mol. The second kappa shape index (κ2) is 47.1. The van der Waals surface area contributed by atoms with Crippen LogP contribution in [0.25, 0.3) is 23.0 Å². The summed E-state index contributed by atoms with van der Waals surface area (Å²) in [6.07, 6.45) is 3.58. The number of carbonyl (C=O) groups excluding carboxylic acids is 4. The molecule has 2 radical (unpaired) electrons. The minimum atomic E-state index is -1.75. The first-order chi connectivity index (χ1) is 25.0. The van der Waals surface area contributed by atoms with Gasteiger partial charge in [-0.2, -0.15) is 0 Å². The minimum Gasteiger partial charge on any atom is -0.871 e. The second-order valence-electron chi connectivity index (χ2n) is 7.96. The summed E-state index contributed by atoms with van der Waals surface area (Å²) in [5.41, 5.74) is -0.0259. The maximum absolute atomic E-state index is 11.5. The Hall–Kier alpha value is -5.06. The van der Waals surface area contributed by atoms with Crippen LogP contribution in [0.5, 0.6) is 0 Å². The summed E-state index contributed by atoms with van der Waals surface area (Å²) < 4.78 is 0. The summed E-state index contributed by atoms with van der Waals surface area (Å²) in [6, 6.07) is 8.52. The molecule has 2 aromatic heterocycles. The van der Waals surface area contributed by atoms with Crippen LogP contribution in [0.3, 0.4) is 0 Å². The van der Waals surface area contributed by atoms with E-state index in [1.807, 2.05) is 0 Å². The van der Waals surface area contributed by atoms with E-state index in [0.717, 1.165) is 45.6 Å². The smallest absolute Gasteiger partial charge is 0.871 e. The normalized spacial score (nSPS) is 9.37. The molecular formula is C29H34Cu2N5O20Tb. The van der Waals surface area contributed by atoms with Crippen molar-refractivity contribution >= 4 is 46.2 Å². The van der Waals surface area contributed by atoms with Gasteiger partial charge in [-0.15, -0.1) is 0 Å². The van der Waals surface area contributed by atoms with E-state index in [-0.39, 0.29) is 95.5 Å². The molecule has 0 aliphatic carbocycles. The number of allylic oxidation sites excluding steroid dienone is 4. The van der Waals surface area contributed by atoms with Gasteiger partial charge in [0.1, 0.15) is 0 Å². The Bertz CT molecular complexity index is 1390. The standard InChI is InChI=1S/2C13H13NO4.3CH4O.2Cu.3NO3.Tb/c2*1-8(15)6-12(17)10-4-3-5-11(14-10)13(18)7-9(2)16;3*1-2;;;3*2-1(3)4;/h2*3-7,17-18H,1-2H3;3*2H,1H3;;;;;;/q;;;;;2*+2;3*-1;+3/p-4/b2*12-6-,13-7-;;;;;;;;;. The van der Waals surface area contributed by atoms with Crippen molar-refractivity contribution in [2.75, 3.05) is 21.3 Å². The van der Waals surface area contributed by atoms with Crippen molar-refractivity contribution in [3.63, 3.8) is 0 Å². The predicted octanol–water partition coefficient (Wildman–Crippen LogP) is -2.57. The van der Waals surface area contributed by atoms with Crippen molar-refractivity contribution in [3.05, 3.63) is 129 Å². The van der Waals surface area contributed by atoms with Crippen LogP contribution < -0.4 is 20.4 Å². The first-order valence-electron chi connectivity index (χ1n) is 13.3. The summed E-state index contributed by atoms with van der Waals surface area (Å²) in [5, 5.41) is 111. The van der Waals surface area contributed by atoms with Gasteiger partial charge < -0.3 is 81.7 Å². The number of pyridine rings is 2. The van der Waals surface area contributed by atoms with E-state index in [4.69, 9.17) is 61.3 Å². The molecule has 0 fully saturated rings. The number of hydrogen-bond donors (Lipinski definition) is 3. The molecule has 0 aliphatic rings. The summed E-state index contributed by atoms with van der Waals surface area (Å²) in [4.78, 5) is 75.5. The van der Waals surface area contributed by atoms with Gasteiger partial charge in [0.2, 0.25) is 0 Å². The predicted molar refractivity (Wildman–Crippen MR) is 179 cm³/mol. The Morgan fingerprint density at radius 2 is 0.579 bits per heavy atom. The molecule has 3 N–H and O–H groups in total. The van der Waals surface area contributed by atoms with Crippen LogP contribution in [0.2, 0.25) is 0 Å². The SMILES string of the molecule is CC(=O)/C=C(\[O-])c1cccc(/C([O-])=C/C(C)=O)n1.CC(=O)/C=C(\[O-])c1cccc(/C([O-])=C/C(C)=O)n1.CO.CO.CO.O=[N+]([O-])[O-].O=[N+]([O-])[O-].O=[N+]([O-])[O-].[Cu+2].[Cu+2].[Tb+3]. The van der Waals surface area contributed by atoms with Gasteiger partial charge in [-0.05, 0) is 76.3 Å². The monoisotopic (exact) mass is 1060 g/mol. The first kappa shape index (κ1) is 73.1. The van der Waals surface area contributed by atoms with E-state index in [2.05, 4.69) is 9.97 Å². The molecule has 0 bridgehead atoms. The fourth-order valence-corrected chi connectivity index (χ4v) is 2.45. The Morgan fingerprint density at radius 1 is 0.456 bits per heavy atom. The molecule has 0 spiro atoms. The Morgan fingerprint density at radius 3 is 0.684 bits per heavy atom. The van der Waals surface area contributed by atoms with Crippen molar-refractivity contribution in [1.82, 2.24) is 9.97 Å². The molecular weight excluding hydrogens is 1020 g/mol. The fourth-order valence-electron chi connectivity index (χ4n) is 2.45. The van der Waals surface area contributed by atoms with Crippen LogP contribution >= 0.6 is 0 Å². The summed E-state index contributed by atoms with van der Waals surface area (Å²) >= 11 is 0. The molecule has 0 saturated carbocycles. The summed E-state index contributed by atoms with van der Waals surface area (Å²) in [5.74, 6) is -3.86. The van der Waals surface area contributed by atoms with Gasteiger partial charge in [0, 0.05) is 21.3 Å². The molecule has 2 rings (SSSR count). The van der Waals surface area contributed by atoms with Crippen LogP contribution in [0.15, 0.2) is 60.7 Å². The van der Waals surface area contributed by atoms with Gasteiger partial charge in [0.05, 0.1) is 38.0 Å². The topological polar surface area (TPSA) is 446 Å². The molecule has 2 aromatic rings. The molecule has 2 heterocycles. The van der Waals surface area contributed by atoms with Crippen molar-refractivity contribution in [1.29, 1.82) is 0 Å². The minimum absolute atomic E-state index is 0. The number of carbonyl (C=O) groups is 4. The molecule has 0 amide bonds. The van der Waals surface area contributed by atoms with Crippen LogP contribution in [0, 0.1) is 84.6 Å². The van der Waals surface area contributed by atoms with E-state index in [1.165, 1.54) is 64.1 Å². The number of rotatable bonds is 8. The van der Waals surface area contributed by atoms with Crippen LogP contribution in [0.4, 0.5) is 0 Å². The molecule has 0 aliphatic heterocycles.